The number of carbonyl (C=O) groups excluding carboxylic acids is 1. The van der Waals surface area contributed by atoms with E-state index in [9.17, 15) is 18.0 Å². The lowest BCUT2D eigenvalue weighted by Crippen LogP contribution is -2.40. The molecule has 1 aromatic rings. The van der Waals surface area contributed by atoms with Gasteiger partial charge in [0.25, 0.3) is 0 Å². The Morgan fingerprint density at radius 3 is 2.83 bits per heavy atom. The van der Waals surface area contributed by atoms with E-state index in [0.29, 0.717) is 16.3 Å². The molecule has 18 heavy (non-hydrogen) atoms. The highest BCUT2D eigenvalue weighted by Crippen LogP contribution is 2.34. The summed E-state index contributed by atoms with van der Waals surface area (Å²) in [6.07, 6.45) is -4.62. The Balaban J connectivity index is 2.22. The lowest BCUT2D eigenvalue weighted by molar-refractivity contribution is -0.174. The van der Waals surface area contributed by atoms with Gasteiger partial charge >= 0.3 is 12.1 Å². The van der Waals surface area contributed by atoms with Gasteiger partial charge in [0, 0.05) is 17.0 Å². The van der Waals surface area contributed by atoms with Crippen molar-refractivity contribution < 1.29 is 22.7 Å². The fourth-order valence-corrected chi connectivity index (χ4v) is 1.94. The normalized spacial score (nSPS) is 18.8. The highest BCUT2D eigenvalue weighted by molar-refractivity contribution is 6.30. The Bertz CT molecular complexity index is 476. The van der Waals surface area contributed by atoms with E-state index in [-0.39, 0.29) is 13.0 Å². The lowest BCUT2D eigenvalue weighted by Gasteiger charge is -2.27. The maximum Gasteiger partial charge on any atom is 0.471 e. The van der Waals surface area contributed by atoms with Crippen LogP contribution in [0.25, 0.3) is 0 Å². The van der Waals surface area contributed by atoms with Crippen LogP contribution in [0.2, 0.25) is 5.02 Å². The number of alkyl halides is 3. The maximum absolute atomic E-state index is 12.2. The van der Waals surface area contributed by atoms with E-state index in [1.165, 1.54) is 6.07 Å². The van der Waals surface area contributed by atoms with E-state index >= 15 is 0 Å². The summed E-state index contributed by atoms with van der Waals surface area (Å²) in [5.74, 6) is -1.52. The second kappa shape index (κ2) is 4.68. The number of amides is 1. The Labute approximate surface area is 106 Å². The van der Waals surface area contributed by atoms with Crippen molar-refractivity contribution in [1.82, 2.24) is 5.32 Å². The molecule has 1 aromatic carbocycles. The van der Waals surface area contributed by atoms with Crippen LogP contribution >= 0.6 is 11.6 Å². The molecule has 0 bridgehead atoms. The van der Waals surface area contributed by atoms with Crippen LogP contribution in [0.5, 0.6) is 5.75 Å². The quantitative estimate of drug-likeness (QED) is 0.858. The molecule has 0 aliphatic carbocycles. The average molecular weight is 280 g/mol. The Morgan fingerprint density at radius 1 is 1.44 bits per heavy atom. The van der Waals surface area contributed by atoms with Crippen LogP contribution in [-0.4, -0.2) is 18.7 Å². The van der Waals surface area contributed by atoms with E-state index in [2.05, 4.69) is 0 Å². The smallest absolute Gasteiger partial charge is 0.471 e. The van der Waals surface area contributed by atoms with Gasteiger partial charge in [0.05, 0.1) is 12.6 Å². The summed E-state index contributed by atoms with van der Waals surface area (Å²) < 4.78 is 41.9. The molecule has 1 N–H and O–H groups in total. The van der Waals surface area contributed by atoms with Crippen molar-refractivity contribution in [2.45, 2.75) is 18.6 Å². The zero-order chi connectivity index (χ0) is 13.3. The summed E-state index contributed by atoms with van der Waals surface area (Å²) in [6, 6.07) is 3.91. The summed E-state index contributed by atoms with van der Waals surface area (Å²) >= 11 is 5.78. The predicted molar refractivity (Wildman–Crippen MR) is 58.5 cm³/mol. The Hall–Kier alpha value is -1.43. The first-order valence-electron chi connectivity index (χ1n) is 5.18. The largest absolute Gasteiger partial charge is 0.493 e. The van der Waals surface area contributed by atoms with Crippen molar-refractivity contribution in [2.24, 2.45) is 0 Å². The number of rotatable bonds is 1. The fraction of sp³-hybridized carbons (Fsp3) is 0.364. The lowest BCUT2D eigenvalue weighted by atomic mass is 10.0. The molecule has 0 spiro atoms. The van der Waals surface area contributed by atoms with Gasteiger partial charge in [-0.15, -0.1) is 0 Å². The van der Waals surface area contributed by atoms with Gasteiger partial charge in [-0.05, 0) is 18.2 Å². The number of ether oxygens (including phenoxy) is 1. The molecule has 1 aliphatic heterocycles. The zero-order valence-electron chi connectivity index (χ0n) is 9.05. The molecule has 0 fully saturated rings. The van der Waals surface area contributed by atoms with Crippen molar-refractivity contribution in [3.05, 3.63) is 28.8 Å². The maximum atomic E-state index is 12.2. The summed E-state index contributed by atoms with van der Waals surface area (Å²) in [5.41, 5.74) is 0.464. The second-order valence-corrected chi connectivity index (χ2v) is 4.28. The topological polar surface area (TPSA) is 38.3 Å². The molecule has 1 heterocycles. The zero-order valence-corrected chi connectivity index (χ0v) is 9.81. The van der Waals surface area contributed by atoms with Crippen LogP contribution in [-0.2, 0) is 4.79 Å². The number of hydrogen-bond donors (Lipinski definition) is 1. The van der Waals surface area contributed by atoms with Gasteiger partial charge < -0.3 is 10.1 Å². The SMILES string of the molecule is O=C(NC1CCOc2ccc(Cl)cc21)C(F)(F)F. The van der Waals surface area contributed by atoms with E-state index in [1.807, 2.05) is 5.32 Å². The number of halogens is 4. The number of hydrogen-bond acceptors (Lipinski definition) is 2. The first-order valence-corrected chi connectivity index (χ1v) is 5.55. The molecule has 3 nitrogen and oxygen atoms in total. The monoisotopic (exact) mass is 279 g/mol. The summed E-state index contributed by atoms with van der Waals surface area (Å²) in [4.78, 5) is 10.9. The van der Waals surface area contributed by atoms with E-state index in [4.69, 9.17) is 16.3 Å². The third-order valence-electron chi connectivity index (χ3n) is 2.57. The van der Waals surface area contributed by atoms with Crippen LogP contribution in [0, 0.1) is 0 Å². The van der Waals surface area contributed by atoms with Crippen molar-refractivity contribution in [3.8, 4) is 5.75 Å². The molecule has 1 amide bonds. The third kappa shape index (κ3) is 2.69. The van der Waals surface area contributed by atoms with Crippen molar-refractivity contribution in [3.63, 3.8) is 0 Å². The molecule has 0 aromatic heterocycles. The van der Waals surface area contributed by atoms with Crippen LogP contribution in [0.3, 0.4) is 0 Å². The number of carbonyl (C=O) groups is 1. The van der Waals surface area contributed by atoms with Gasteiger partial charge in [0.2, 0.25) is 0 Å². The third-order valence-corrected chi connectivity index (χ3v) is 2.81. The average Bonchev–Trinajstić information content (AvgIpc) is 2.28. The standard InChI is InChI=1S/C11H9ClF3NO2/c12-6-1-2-9-7(5-6)8(3-4-18-9)16-10(17)11(13,14)15/h1-2,5,8H,3-4H2,(H,16,17). The van der Waals surface area contributed by atoms with Crippen LogP contribution in [0.1, 0.15) is 18.0 Å². The molecule has 0 radical (unpaired) electrons. The minimum atomic E-state index is -4.89. The first kappa shape index (κ1) is 13.0. The Morgan fingerprint density at radius 2 is 2.17 bits per heavy atom. The molecular formula is C11H9ClF3NO2. The summed E-state index contributed by atoms with van der Waals surface area (Å²) in [7, 11) is 0. The molecule has 1 unspecified atom stereocenters. The van der Waals surface area contributed by atoms with Gasteiger partial charge in [0.1, 0.15) is 5.75 Å². The first-order chi connectivity index (χ1) is 8.38. The molecule has 2 rings (SSSR count). The van der Waals surface area contributed by atoms with Gasteiger partial charge in [-0.25, -0.2) is 0 Å². The van der Waals surface area contributed by atoms with Crippen LogP contribution in [0.15, 0.2) is 18.2 Å². The fourth-order valence-electron chi connectivity index (χ4n) is 1.76. The van der Waals surface area contributed by atoms with Crippen LogP contribution in [0.4, 0.5) is 13.2 Å². The molecule has 0 saturated heterocycles. The summed E-state index contributed by atoms with van der Waals surface area (Å²) in [5, 5.41) is 2.32. The van der Waals surface area contributed by atoms with E-state index < -0.39 is 18.1 Å². The molecule has 1 aliphatic rings. The van der Waals surface area contributed by atoms with Crippen molar-refractivity contribution >= 4 is 17.5 Å². The minimum Gasteiger partial charge on any atom is -0.493 e. The number of fused-ring (bicyclic) bond motifs is 1. The van der Waals surface area contributed by atoms with E-state index in [1.54, 1.807) is 12.1 Å². The molecule has 98 valence electrons. The van der Waals surface area contributed by atoms with E-state index in [0.717, 1.165) is 0 Å². The number of benzene rings is 1. The predicted octanol–water partition coefficient (Wildman–Crippen LogP) is 2.84. The highest BCUT2D eigenvalue weighted by atomic mass is 35.5. The molecule has 7 heteroatoms. The highest BCUT2D eigenvalue weighted by Gasteiger charge is 2.40. The van der Waals surface area contributed by atoms with Crippen LogP contribution < -0.4 is 10.1 Å². The van der Waals surface area contributed by atoms with Crippen molar-refractivity contribution in [2.75, 3.05) is 6.61 Å². The second-order valence-electron chi connectivity index (χ2n) is 3.84. The number of nitrogens with one attached hydrogen (secondary N) is 1. The molecular weight excluding hydrogens is 271 g/mol. The van der Waals surface area contributed by atoms with Gasteiger partial charge in [-0.2, -0.15) is 13.2 Å². The van der Waals surface area contributed by atoms with Gasteiger partial charge in [-0.3, -0.25) is 4.79 Å². The minimum absolute atomic E-state index is 0.247. The molecule has 0 saturated carbocycles. The molecule has 1 atom stereocenters. The van der Waals surface area contributed by atoms with Gasteiger partial charge in [0.15, 0.2) is 0 Å². The summed E-state index contributed by atoms with van der Waals surface area (Å²) in [6.45, 7) is 0.247. The van der Waals surface area contributed by atoms with Crippen molar-refractivity contribution in [1.29, 1.82) is 0 Å². The van der Waals surface area contributed by atoms with Gasteiger partial charge in [-0.1, -0.05) is 11.6 Å². The Kier molecular flexibility index (Phi) is 3.38.